The fourth-order valence-corrected chi connectivity index (χ4v) is 2.17. The predicted octanol–water partition coefficient (Wildman–Crippen LogP) is 4.21. The molecule has 0 bridgehead atoms. The average molecular weight is 357 g/mol. The number of hydrogen-bond donors (Lipinski definition) is 2. The van der Waals surface area contributed by atoms with E-state index >= 15 is 0 Å². The van der Waals surface area contributed by atoms with Crippen molar-refractivity contribution in [3.63, 3.8) is 0 Å². The smallest absolute Gasteiger partial charge is 0.259 e. The molecule has 114 valence electrons. The van der Waals surface area contributed by atoms with Crippen LogP contribution in [0.25, 0.3) is 0 Å². The van der Waals surface area contributed by atoms with Gasteiger partial charge in [-0.1, -0.05) is 59.1 Å². The lowest BCUT2D eigenvalue weighted by atomic mass is 10.2. The number of nitrogens with zero attached hydrogens (tertiary/aromatic N) is 1. The third-order valence-corrected chi connectivity index (χ3v) is 3.85. The van der Waals surface area contributed by atoms with Gasteiger partial charge in [0.1, 0.15) is 0 Å². The first-order chi connectivity index (χ1) is 10.6. The maximum absolute atomic E-state index is 11.7. The highest BCUT2D eigenvalue weighted by molar-refractivity contribution is 6.43. The van der Waals surface area contributed by atoms with Gasteiger partial charge in [-0.05, 0) is 18.2 Å². The molecule has 0 aliphatic carbocycles. The van der Waals surface area contributed by atoms with Crippen LogP contribution in [0.2, 0.25) is 15.1 Å². The van der Waals surface area contributed by atoms with Crippen molar-refractivity contribution < 1.29 is 4.79 Å². The summed E-state index contributed by atoms with van der Waals surface area (Å²) in [6.07, 6.45) is 1.43. The van der Waals surface area contributed by atoms with Crippen molar-refractivity contribution in [3.05, 3.63) is 63.1 Å². The van der Waals surface area contributed by atoms with Crippen LogP contribution in [0.5, 0.6) is 0 Å². The van der Waals surface area contributed by atoms with Crippen LogP contribution in [-0.4, -0.2) is 18.7 Å². The number of rotatable bonds is 5. The van der Waals surface area contributed by atoms with Crippen molar-refractivity contribution >= 4 is 52.6 Å². The van der Waals surface area contributed by atoms with Gasteiger partial charge in [0, 0.05) is 5.56 Å². The van der Waals surface area contributed by atoms with Gasteiger partial charge in [-0.15, -0.1) is 0 Å². The van der Waals surface area contributed by atoms with Crippen LogP contribution in [0.4, 0.5) is 5.69 Å². The summed E-state index contributed by atoms with van der Waals surface area (Å²) in [5.41, 5.74) is 3.69. The minimum absolute atomic E-state index is 0.0460. The molecule has 0 aliphatic heterocycles. The van der Waals surface area contributed by atoms with E-state index < -0.39 is 0 Å². The topological polar surface area (TPSA) is 53.5 Å². The molecule has 0 radical (unpaired) electrons. The lowest BCUT2D eigenvalue weighted by Gasteiger charge is -2.06. The van der Waals surface area contributed by atoms with E-state index in [-0.39, 0.29) is 12.5 Å². The summed E-state index contributed by atoms with van der Waals surface area (Å²) in [6, 6.07) is 12.3. The van der Waals surface area contributed by atoms with Gasteiger partial charge in [0.2, 0.25) is 0 Å². The Morgan fingerprint density at radius 1 is 1.05 bits per heavy atom. The summed E-state index contributed by atoms with van der Waals surface area (Å²) in [4.78, 5) is 11.7. The zero-order valence-electron chi connectivity index (χ0n) is 11.3. The maximum atomic E-state index is 11.7. The number of hydrogen-bond acceptors (Lipinski definition) is 3. The molecule has 2 rings (SSSR count). The summed E-state index contributed by atoms with van der Waals surface area (Å²) < 4.78 is 0. The van der Waals surface area contributed by atoms with Crippen molar-refractivity contribution in [3.8, 4) is 0 Å². The van der Waals surface area contributed by atoms with E-state index in [1.165, 1.54) is 6.21 Å². The van der Waals surface area contributed by atoms with Crippen LogP contribution >= 0.6 is 34.8 Å². The Balaban J connectivity index is 1.86. The standard InChI is InChI=1S/C15H12Cl3N3O/c16-11-5-1-2-7-13(11)19-9-14(22)21-20-8-10-4-3-6-12(17)15(10)18/h1-8,19H,9H2,(H,21,22)/b20-8-. The molecular formula is C15H12Cl3N3O. The minimum atomic E-state index is -0.311. The van der Waals surface area contributed by atoms with Crippen molar-refractivity contribution in [1.82, 2.24) is 5.43 Å². The summed E-state index contributed by atoms with van der Waals surface area (Å²) in [5.74, 6) is -0.311. The molecule has 22 heavy (non-hydrogen) atoms. The Morgan fingerprint density at radius 3 is 2.55 bits per heavy atom. The van der Waals surface area contributed by atoms with Crippen LogP contribution < -0.4 is 10.7 Å². The van der Waals surface area contributed by atoms with Crippen molar-refractivity contribution in [2.45, 2.75) is 0 Å². The van der Waals surface area contributed by atoms with Crippen molar-refractivity contribution in [2.24, 2.45) is 5.10 Å². The average Bonchev–Trinajstić information content (AvgIpc) is 2.51. The summed E-state index contributed by atoms with van der Waals surface area (Å²) in [7, 11) is 0. The highest BCUT2D eigenvalue weighted by atomic mass is 35.5. The third-order valence-electron chi connectivity index (χ3n) is 2.69. The Labute approximate surface area is 143 Å². The fraction of sp³-hybridized carbons (Fsp3) is 0.0667. The molecule has 0 fully saturated rings. The number of hydrazone groups is 1. The maximum Gasteiger partial charge on any atom is 0.259 e. The Morgan fingerprint density at radius 2 is 1.77 bits per heavy atom. The van der Waals surface area contributed by atoms with Crippen LogP contribution in [-0.2, 0) is 4.79 Å². The monoisotopic (exact) mass is 355 g/mol. The Hall–Kier alpha value is -1.75. The number of amides is 1. The molecule has 0 heterocycles. The van der Waals surface area contributed by atoms with Crippen molar-refractivity contribution in [1.29, 1.82) is 0 Å². The highest BCUT2D eigenvalue weighted by Gasteiger charge is 2.03. The van der Waals surface area contributed by atoms with E-state index in [1.54, 1.807) is 30.3 Å². The minimum Gasteiger partial charge on any atom is -0.375 e. The van der Waals surface area contributed by atoms with Gasteiger partial charge >= 0.3 is 0 Å². The third kappa shape index (κ3) is 4.63. The number of benzene rings is 2. The zero-order valence-corrected chi connectivity index (χ0v) is 13.6. The molecule has 0 aromatic heterocycles. The van der Waals surface area contributed by atoms with Gasteiger partial charge in [0.05, 0.1) is 33.5 Å². The molecule has 0 atom stereocenters. The molecule has 2 aromatic carbocycles. The number of carbonyl (C=O) groups is 1. The quantitative estimate of drug-likeness (QED) is 0.623. The van der Waals surface area contributed by atoms with Crippen LogP contribution in [0.1, 0.15) is 5.56 Å². The molecule has 0 saturated heterocycles. The first-order valence-corrected chi connectivity index (χ1v) is 7.45. The van der Waals surface area contributed by atoms with E-state index in [0.717, 1.165) is 0 Å². The number of carbonyl (C=O) groups excluding carboxylic acids is 1. The molecule has 0 spiro atoms. The molecule has 7 heteroatoms. The highest BCUT2D eigenvalue weighted by Crippen LogP contribution is 2.24. The van der Waals surface area contributed by atoms with Gasteiger partial charge in [-0.2, -0.15) is 5.10 Å². The SMILES string of the molecule is O=C(CNc1ccccc1Cl)N/N=C\c1cccc(Cl)c1Cl. The van der Waals surface area contributed by atoms with E-state index in [1.807, 2.05) is 12.1 Å². The summed E-state index contributed by atoms with van der Waals surface area (Å²) in [6.45, 7) is 0.0460. The molecular weight excluding hydrogens is 345 g/mol. The second-order valence-electron chi connectivity index (χ2n) is 4.27. The predicted molar refractivity (Wildman–Crippen MR) is 92.1 cm³/mol. The van der Waals surface area contributed by atoms with E-state index in [2.05, 4.69) is 15.8 Å². The molecule has 4 nitrogen and oxygen atoms in total. The molecule has 1 amide bonds. The largest absolute Gasteiger partial charge is 0.375 e. The number of para-hydroxylation sites is 1. The first-order valence-electron chi connectivity index (χ1n) is 6.32. The van der Waals surface area contributed by atoms with Gasteiger partial charge in [0.15, 0.2) is 0 Å². The van der Waals surface area contributed by atoms with Gasteiger partial charge < -0.3 is 5.32 Å². The number of nitrogens with one attached hydrogen (secondary N) is 2. The first kappa shape index (κ1) is 16.6. The van der Waals surface area contributed by atoms with E-state index in [0.29, 0.717) is 26.3 Å². The Kier molecular flexibility index (Phi) is 6.07. The fourth-order valence-electron chi connectivity index (χ4n) is 1.61. The molecule has 0 unspecified atom stereocenters. The summed E-state index contributed by atoms with van der Waals surface area (Å²) >= 11 is 17.9. The van der Waals surface area contributed by atoms with E-state index in [9.17, 15) is 4.79 Å². The van der Waals surface area contributed by atoms with Crippen LogP contribution in [0.15, 0.2) is 47.6 Å². The number of halogens is 3. The van der Waals surface area contributed by atoms with Gasteiger partial charge in [-0.25, -0.2) is 5.43 Å². The molecule has 2 aromatic rings. The number of anilines is 1. The second kappa shape index (κ2) is 8.03. The lowest BCUT2D eigenvalue weighted by Crippen LogP contribution is -2.25. The molecule has 0 aliphatic rings. The lowest BCUT2D eigenvalue weighted by molar-refractivity contribution is -0.119. The van der Waals surface area contributed by atoms with Crippen LogP contribution in [0, 0.1) is 0 Å². The molecule has 0 saturated carbocycles. The summed E-state index contributed by atoms with van der Waals surface area (Å²) in [5, 5.41) is 8.11. The van der Waals surface area contributed by atoms with Gasteiger partial charge in [-0.3, -0.25) is 4.79 Å². The second-order valence-corrected chi connectivity index (χ2v) is 5.46. The van der Waals surface area contributed by atoms with Gasteiger partial charge in [0.25, 0.3) is 5.91 Å². The Bertz CT molecular complexity index is 704. The van der Waals surface area contributed by atoms with Crippen LogP contribution in [0.3, 0.4) is 0 Å². The van der Waals surface area contributed by atoms with Crippen molar-refractivity contribution in [2.75, 3.05) is 11.9 Å². The molecule has 2 N–H and O–H groups in total. The van der Waals surface area contributed by atoms with E-state index in [4.69, 9.17) is 34.8 Å². The normalized spacial score (nSPS) is 10.7. The zero-order chi connectivity index (χ0) is 15.9.